The molecule has 0 saturated carbocycles. The summed E-state index contributed by atoms with van der Waals surface area (Å²) in [5.41, 5.74) is 0.309. The van der Waals surface area contributed by atoms with Gasteiger partial charge in [0.1, 0.15) is 12.7 Å². The van der Waals surface area contributed by atoms with Gasteiger partial charge in [0.05, 0.1) is 22.8 Å². The Hall–Kier alpha value is -2.74. The summed E-state index contributed by atoms with van der Waals surface area (Å²) >= 11 is 0. The van der Waals surface area contributed by atoms with Gasteiger partial charge in [-0.2, -0.15) is 0 Å². The topological polar surface area (TPSA) is 100 Å². The van der Waals surface area contributed by atoms with Crippen molar-refractivity contribution in [2.24, 2.45) is 5.41 Å². The van der Waals surface area contributed by atoms with Gasteiger partial charge in [-0.05, 0) is 31.4 Å². The number of rotatable bonds is 2. The fourth-order valence-electron chi connectivity index (χ4n) is 3.99. The zero-order chi connectivity index (χ0) is 18.1. The molecule has 0 radical (unpaired) electrons. The maximum Gasteiger partial charge on any atom is 0.256 e. The number of amides is 2. The normalized spacial score (nSPS) is 26.0. The second kappa shape index (κ2) is 6.53. The summed E-state index contributed by atoms with van der Waals surface area (Å²) in [4.78, 5) is 27.4. The first-order valence-electron chi connectivity index (χ1n) is 8.81. The van der Waals surface area contributed by atoms with E-state index in [1.807, 2.05) is 18.2 Å². The van der Waals surface area contributed by atoms with Gasteiger partial charge in [-0.1, -0.05) is 12.1 Å². The number of benzene rings is 1. The predicted octanol–water partition coefficient (Wildman–Crippen LogP) is 0.370. The fourth-order valence-corrected chi connectivity index (χ4v) is 3.99. The van der Waals surface area contributed by atoms with E-state index in [2.05, 4.69) is 15.5 Å². The monoisotopic (exact) mass is 355 g/mol. The van der Waals surface area contributed by atoms with Crippen molar-refractivity contribution >= 4 is 11.8 Å². The fraction of sp³-hybridized carbons (Fsp3) is 0.444. The summed E-state index contributed by atoms with van der Waals surface area (Å²) in [5.74, 6) is -0.306. The molecule has 0 aliphatic carbocycles. The van der Waals surface area contributed by atoms with Crippen LogP contribution in [0, 0.1) is 5.41 Å². The van der Waals surface area contributed by atoms with Gasteiger partial charge in [0.15, 0.2) is 0 Å². The van der Waals surface area contributed by atoms with Crippen molar-refractivity contribution in [1.29, 1.82) is 0 Å². The number of carbonyl (C=O) groups excluding carboxylic acids is 2. The van der Waals surface area contributed by atoms with Crippen molar-refractivity contribution in [3.63, 3.8) is 0 Å². The number of aromatic nitrogens is 3. The third-order valence-electron chi connectivity index (χ3n) is 5.44. The number of aliphatic hydroxyl groups excluding tert-OH is 1. The van der Waals surface area contributed by atoms with Crippen LogP contribution in [-0.4, -0.2) is 62.3 Å². The third-order valence-corrected chi connectivity index (χ3v) is 5.44. The van der Waals surface area contributed by atoms with E-state index in [1.54, 1.807) is 28.2 Å². The molecule has 1 aromatic heterocycles. The third kappa shape index (κ3) is 2.66. The molecule has 0 bridgehead atoms. The van der Waals surface area contributed by atoms with Gasteiger partial charge in [0.2, 0.25) is 5.91 Å². The molecule has 2 aliphatic heterocycles. The Morgan fingerprint density at radius 2 is 2.04 bits per heavy atom. The van der Waals surface area contributed by atoms with Gasteiger partial charge in [0.25, 0.3) is 5.91 Å². The molecule has 1 spiro atoms. The van der Waals surface area contributed by atoms with Crippen LogP contribution in [0.2, 0.25) is 0 Å². The minimum atomic E-state index is -0.905. The molecule has 2 saturated heterocycles. The van der Waals surface area contributed by atoms with E-state index in [0.717, 1.165) is 6.42 Å². The summed E-state index contributed by atoms with van der Waals surface area (Å²) in [5, 5.41) is 21.0. The molecule has 4 rings (SSSR count). The number of piperidine rings is 2. The van der Waals surface area contributed by atoms with Gasteiger partial charge in [0, 0.05) is 19.6 Å². The van der Waals surface area contributed by atoms with Crippen LogP contribution in [0.5, 0.6) is 0 Å². The Labute approximate surface area is 150 Å². The predicted molar refractivity (Wildman–Crippen MR) is 92.6 cm³/mol. The Kier molecular flexibility index (Phi) is 4.20. The highest BCUT2D eigenvalue weighted by molar-refractivity contribution is 5.98. The van der Waals surface area contributed by atoms with Crippen LogP contribution < -0.4 is 5.32 Å². The van der Waals surface area contributed by atoms with Crippen molar-refractivity contribution in [3.05, 3.63) is 42.5 Å². The number of carbonyl (C=O) groups is 2. The summed E-state index contributed by atoms with van der Waals surface area (Å²) in [6.45, 7) is 1.28. The highest BCUT2D eigenvalue weighted by Crippen LogP contribution is 2.38. The number of nitrogens with one attached hydrogen (secondary N) is 1. The first-order chi connectivity index (χ1) is 12.6. The van der Waals surface area contributed by atoms with E-state index in [-0.39, 0.29) is 18.4 Å². The lowest BCUT2D eigenvalue weighted by Crippen LogP contribution is -2.62. The zero-order valence-corrected chi connectivity index (χ0v) is 14.3. The maximum atomic E-state index is 13.2. The molecule has 26 heavy (non-hydrogen) atoms. The summed E-state index contributed by atoms with van der Waals surface area (Å²) in [6, 6.07) is 7.25. The number of hydrogen-bond acceptors (Lipinski definition) is 5. The van der Waals surface area contributed by atoms with Crippen LogP contribution in [0.1, 0.15) is 29.6 Å². The lowest BCUT2D eigenvalue weighted by atomic mass is 9.71. The zero-order valence-electron chi connectivity index (χ0n) is 14.3. The maximum absolute atomic E-state index is 13.2. The average molecular weight is 355 g/mol. The van der Waals surface area contributed by atoms with Crippen molar-refractivity contribution in [1.82, 2.24) is 25.0 Å². The van der Waals surface area contributed by atoms with Crippen molar-refractivity contribution in [3.8, 4) is 5.69 Å². The van der Waals surface area contributed by atoms with Gasteiger partial charge in [-0.3, -0.25) is 14.2 Å². The Bertz CT molecular complexity index is 822. The molecule has 2 fully saturated rings. The van der Waals surface area contributed by atoms with Crippen LogP contribution in [0.4, 0.5) is 0 Å². The Morgan fingerprint density at radius 3 is 2.81 bits per heavy atom. The average Bonchev–Trinajstić information content (AvgIpc) is 3.20. The second-order valence-electron chi connectivity index (χ2n) is 6.93. The molecule has 2 atom stereocenters. The molecule has 1 aromatic carbocycles. The molecule has 2 aliphatic rings. The lowest BCUT2D eigenvalue weighted by molar-refractivity contribution is -0.147. The molecule has 136 valence electrons. The van der Waals surface area contributed by atoms with E-state index < -0.39 is 11.5 Å². The molecule has 8 nitrogen and oxygen atoms in total. The van der Waals surface area contributed by atoms with Crippen molar-refractivity contribution < 1.29 is 14.7 Å². The molecule has 3 heterocycles. The Balaban J connectivity index is 1.64. The number of nitrogens with zero attached hydrogens (tertiary/aromatic N) is 4. The van der Waals surface area contributed by atoms with E-state index in [0.29, 0.717) is 37.2 Å². The van der Waals surface area contributed by atoms with Gasteiger partial charge >= 0.3 is 0 Å². The summed E-state index contributed by atoms with van der Waals surface area (Å²) in [7, 11) is 0. The number of para-hydroxylation sites is 1. The standard InChI is InChI=1S/C18H21N5O3/c24-15-6-9-22(10-18(15)7-3-8-19-17(18)26)16(25)13-4-1-2-5-14(13)23-11-20-21-12-23/h1-2,4-5,11-12,15,24H,3,6-10H2,(H,19,26)/t15-,18-/m1/s1. The van der Waals surface area contributed by atoms with E-state index in [4.69, 9.17) is 0 Å². The summed E-state index contributed by atoms with van der Waals surface area (Å²) < 4.78 is 1.69. The van der Waals surface area contributed by atoms with Crippen LogP contribution in [0.25, 0.3) is 5.69 Å². The van der Waals surface area contributed by atoms with Crippen molar-refractivity contribution in [2.75, 3.05) is 19.6 Å². The molecular formula is C18H21N5O3. The van der Waals surface area contributed by atoms with Crippen LogP contribution in [0.3, 0.4) is 0 Å². The SMILES string of the molecule is O=C(c1ccccc1-n1cnnc1)N1CC[C@@H](O)[C@@]2(CCCNC2=O)C1. The van der Waals surface area contributed by atoms with Crippen LogP contribution in [0.15, 0.2) is 36.9 Å². The van der Waals surface area contributed by atoms with Crippen LogP contribution >= 0.6 is 0 Å². The smallest absolute Gasteiger partial charge is 0.256 e. The first-order valence-corrected chi connectivity index (χ1v) is 8.81. The minimum absolute atomic E-state index is 0.152. The molecule has 2 amide bonds. The largest absolute Gasteiger partial charge is 0.392 e. The number of likely N-dealkylation sites (tertiary alicyclic amines) is 1. The molecule has 0 unspecified atom stereocenters. The van der Waals surface area contributed by atoms with Crippen molar-refractivity contribution in [2.45, 2.75) is 25.4 Å². The van der Waals surface area contributed by atoms with Gasteiger partial charge < -0.3 is 15.3 Å². The van der Waals surface area contributed by atoms with Gasteiger partial charge in [-0.15, -0.1) is 10.2 Å². The molecular weight excluding hydrogens is 334 g/mol. The highest BCUT2D eigenvalue weighted by Gasteiger charge is 2.50. The lowest BCUT2D eigenvalue weighted by Gasteiger charge is -2.46. The molecule has 2 N–H and O–H groups in total. The van der Waals surface area contributed by atoms with E-state index in [9.17, 15) is 14.7 Å². The first kappa shape index (κ1) is 16.7. The molecule has 2 aromatic rings. The minimum Gasteiger partial charge on any atom is -0.392 e. The Morgan fingerprint density at radius 1 is 1.27 bits per heavy atom. The number of aliphatic hydroxyl groups is 1. The second-order valence-corrected chi connectivity index (χ2v) is 6.93. The quantitative estimate of drug-likeness (QED) is 0.811. The molecule has 8 heteroatoms. The van der Waals surface area contributed by atoms with E-state index in [1.165, 1.54) is 0 Å². The van der Waals surface area contributed by atoms with Gasteiger partial charge in [-0.25, -0.2) is 0 Å². The summed E-state index contributed by atoms with van der Waals surface area (Å²) in [6.07, 6.45) is 4.16. The van der Waals surface area contributed by atoms with E-state index >= 15 is 0 Å². The highest BCUT2D eigenvalue weighted by atomic mass is 16.3. The van der Waals surface area contributed by atoms with Crippen LogP contribution in [-0.2, 0) is 4.79 Å². The number of hydrogen-bond donors (Lipinski definition) is 2.